The van der Waals surface area contributed by atoms with E-state index in [1.807, 2.05) is 25.1 Å². The van der Waals surface area contributed by atoms with Gasteiger partial charge in [-0.15, -0.1) is 0 Å². The summed E-state index contributed by atoms with van der Waals surface area (Å²) in [6.45, 7) is 4.76. The molecule has 2 heterocycles. The van der Waals surface area contributed by atoms with Crippen LogP contribution in [0.25, 0.3) is 0 Å². The Kier molecular flexibility index (Phi) is 7.16. The van der Waals surface area contributed by atoms with Crippen molar-refractivity contribution in [3.8, 4) is 17.2 Å². The van der Waals surface area contributed by atoms with Gasteiger partial charge in [-0.3, -0.25) is 14.5 Å². The Morgan fingerprint density at radius 3 is 2.69 bits per heavy atom. The van der Waals surface area contributed by atoms with Crippen LogP contribution in [-0.2, 0) is 9.59 Å². The van der Waals surface area contributed by atoms with Crippen LogP contribution < -0.4 is 19.5 Å². The van der Waals surface area contributed by atoms with Crippen LogP contribution in [0.5, 0.6) is 17.2 Å². The largest absolute Gasteiger partial charge is 0.488 e. The van der Waals surface area contributed by atoms with Crippen LogP contribution >= 0.6 is 0 Å². The zero-order chi connectivity index (χ0) is 20.8. The third-order valence-electron chi connectivity index (χ3n) is 5.53. The summed E-state index contributed by atoms with van der Waals surface area (Å²) in [4.78, 5) is 22.4. The first-order valence-corrected chi connectivity index (χ1v) is 9.85. The molecule has 3 aliphatic rings. The maximum absolute atomic E-state index is 11.8. The van der Waals surface area contributed by atoms with E-state index in [-0.39, 0.29) is 25.3 Å². The number of nitrogens with zero attached hydrogens (tertiary/aromatic N) is 1. The molecule has 29 heavy (non-hydrogen) atoms. The van der Waals surface area contributed by atoms with E-state index in [9.17, 15) is 9.90 Å². The zero-order valence-electron chi connectivity index (χ0n) is 16.5. The lowest BCUT2D eigenvalue weighted by Gasteiger charge is -2.35. The van der Waals surface area contributed by atoms with Gasteiger partial charge in [-0.2, -0.15) is 0 Å². The molecule has 1 aromatic carbocycles. The summed E-state index contributed by atoms with van der Waals surface area (Å²) in [6.07, 6.45) is 0.782. The van der Waals surface area contributed by atoms with Gasteiger partial charge < -0.3 is 29.7 Å². The van der Waals surface area contributed by atoms with E-state index in [1.165, 1.54) is 0 Å². The molecule has 0 unspecified atom stereocenters. The number of carbonyl (C=O) groups excluding carboxylic acids is 1. The average molecular weight is 408 g/mol. The van der Waals surface area contributed by atoms with Crippen molar-refractivity contribution in [3.05, 3.63) is 18.2 Å². The van der Waals surface area contributed by atoms with Gasteiger partial charge >= 0.3 is 0 Å². The summed E-state index contributed by atoms with van der Waals surface area (Å²) in [6, 6.07) is 5.50. The van der Waals surface area contributed by atoms with E-state index in [2.05, 4.69) is 10.2 Å². The second-order valence-corrected chi connectivity index (χ2v) is 7.48. The van der Waals surface area contributed by atoms with Gasteiger partial charge in [-0.1, -0.05) is 0 Å². The minimum Gasteiger partial charge on any atom is -0.488 e. The molecular formula is C20H28N2O7. The molecule has 0 aromatic heterocycles. The number of carboxylic acid groups (broad SMARTS) is 1. The highest BCUT2D eigenvalue weighted by Crippen LogP contribution is 2.40. The molecule has 1 aliphatic carbocycles. The third-order valence-corrected chi connectivity index (χ3v) is 5.53. The Hall–Kier alpha value is -2.52. The molecule has 4 rings (SSSR count). The smallest absolute Gasteiger partial charge is 0.290 e. The Balaban J connectivity index is 0.000000755. The van der Waals surface area contributed by atoms with Crippen LogP contribution in [-0.4, -0.2) is 72.7 Å². The molecule has 1 saturated heterocycles. The van der Waals surface area contributed by atoms with Crippen molar-refractivity contribution >= 4 is 12.4 Å². The number of carbonyl (C=O) groups is 2. The average Bonchev–Trinajstić information content (AvgIpc) is 3.28. The highest BCUT2D eigenvalue weighted by molar-refractivity contribution is 5.77. The van der Waals surface area contributed by atoms with E-state index >= 15 is 0 Å². The molecule has 9 nitrogen and oxygen atoms in total. The zero-order valence-corrected chi connectivity index (χ0v) is 16.5. The Bertz CT molecular complexity index is 714. The highest BCUT2D eigenvalue weighted by Gasteiger charge is 2.43. The number of benzene rings is 1. The topological polar surface area (TPSA) is 118 Å². The molecule has 1 aromatic rings. The Morgan fingerprint density at radius 1 is 1.28 bits per heavy atom. The highest BCUT2D eigenvalue weighted by atomic mass is 16.7. The van der Waals surface area contributed by atoms with Crippen LogP contribution in [0.3, 0.4) is 0 Å². The number of likely N-dealkylation sites (tertiary alicyclic amines) is 1. The lowest BCUT2D eigenvalue weighted by Crippen LogP contribution is -2.42. The van der Waals surface area contributed by atoms with Crippen LogP contribution in [0.4, 0.5) is 0 Å². The van der Waals surface area contributed by atoms with E-state index in [1.54, 1.807) is 0 Å². The minimum absolute atomic E-state index is 0.0693. The molecule has 160 valence electrons. The first kappa shape index (κ1) is 21.2. The molecule has 1 amide bonds. The van der Waals surface area contributed by atoms with E-state index in [4.69, 9.17) is 24.1 Å². The maximum Gasteiger partial charge on any atom is 0.290 e. The van der Waals surface area contributed by atoms with E-state index < -0.39 is 6.10 Å². The summed E-state index contributed by atoms with van der Waals surface area (Å²) in [5.41, 5.74) is 0. The summed E-state index contributed by atoms with van der Waals surface area (Å²) in [5.74, 6) is 3.04. The van der Waals surface area contributed by atoms with E-state index in [0.29, 0.717) is 42.8 Å². The molecule has 1 saturated carbocycles. The lowest BCUT2D eigenvalue weighted by atomic mass is 9.78. The first-order chi connectivity index (χ1) is 14.0. The number of fused-ring (bicyclic) bond motifs is 2. The summed E-state index contributed by atoms with van der Waals surface area (Å²) in [5, 5.41) is 20.3. The Labute approximate surface area is 169 Å². The van der Waals surface area contributed by atoms with Crippen LogP contribution in [0.15, 0.2) is 18.2 Å². The summed E-state index contributed by atoms with van der Waals surface area (Å²) in [7, 11) is 0. The van der Waals surface area contributed by atoms with Crippen molar-refractivity contribution in [2.45, 2.75) is 32.0 Å². The number of amides is 1. The molecule has 9 heteroatoms. The van der Waals surface area contributed by atoms with Crippen molar-refractivity contribution in [1.82, 2.24) is 10.2 Å². The van der Waals surface area contributed by atoms with Crippen molar-refractivity contribution < 1.29 is 34.0 Å². The van der Waals surface area contributed by atoms with Gasteiger partial charge in [0.15, 0.2) is 11.5 Å². The number of nitrogens with one attached hydrogen (secondary N) is 1. The van der Waals surface area contributed by atoms with Crippen LogP contribution in [0.1, 0.15) is 19.8 Å². The summed E-state index contributed by atoms with van der Waals surface area (Å²) >= 11 is 0. The molecule has 2 aliphatic heterocycles. The number of likely N-dealkylation sites (N-methyl/N-ethyl adjacent to an activating group) is 1. The predicted octanol–water partition coefficient (Wildman–Crippen LogP) is 0.702. The first-order valence-electron chi connectivity index (χ1n) is 9.85. The minimum atomic E-state index is -0.494. The maximum atomic E-state index is 11.8. The quantitative estimate of drug-likeness (QED) is 0.610. The fourth-order valence-corrected chi connectivity index (χ4v) is 4.32. The van der Waals surface area contributed by atoms with Crippen molar-refractivity contribution in [2.24, 2.45) is 11.8 Å². The van der Waals surface area contributed by atoms with Gasteiger partial charge in [0.25, 0.3) is 6.47 Å². The second kappa shape index (κ2) is 9.80. The molecule has 0 spiro atoms. The summed E-state index contributed by atoms with van der Waals surface area (Å²) < 4.78 is 16.8. The monoisotopic (exact) mass is 408 g/mol. The van der Waals surface area contributed by atoms with Crippen molar-refractivity contribution in [2.75, 3.05) is 33.0 Å². The predicted molar refractivity (Wildman–Crippen MR) is 103 cm³/mol. The lowest BCUT2D eigenvalue weighted by molar-refractivity contribution is -0.123. The normalized spacial score (nSPS) is 27.4. The van der Waals surface area contributed by atoms with Crippen LogP contribution in [0.2, 0.25) is 0 Å². The molecule has 0 radical (unpaired) electrons. The van der Waals surface area contributed by atoms with Gasteiger partial charge in [-0.25, -0.2) is 0 Å². The number of ether oxygens (including phenoxy) is 3. The molecule has 4 atom stereocenters. The van der Waals surface area contributed by atoms with E-state index in [0.717, 1.165) is 25.3 Å². The van der Waals surface area contributed by atoms with Gasteiger partial charge in [0.2, 0.25) is 12.7 Å². The number of aliphatic hydroxyl groups excluding tert-OH is 1. The number of aliphatic hydroxyl groups is 1. The number of hydrogen-bond acceptors (Lipinski definition) is 7. The molecule has 2 fully saturated rings. The van der Waals surface area contributed by atoms with Crippen molar-refractivity contribution in [3.63, 3.8) is 0 Å². The van der Waals surface area contributed by atoms with Gasteiger partial charge in [0, 0.05) is 25.7 Å². The second-order valence-electron chi connectivity index (χ2n) is 7.48. The molecule has 3 N–H and O–H groups in total. The van der Waals surface area contributed by atoms with Crippen molar-refractivity contribution in [1.29, 1.82) is 0 Å². The molecular weight excluding hydrogens is 380 g/mol. The number of rotatable bonds is 5. The van der Waals surface area contributed by atoms with Gasteiger partial charge in [0.1, 0.15) is 11.9 Å². The molecule has 0 bridgehead atoms. The third kappa shape index (κ3) is 5.30. The fraction of sp³-hybridized carbons (Fsp3) is 0.600. The van der Waals surface area contributed by atoms with Gasteiger partial charge in [-0.05, 0) is 43.7 Å². The number of hydrogen-bond donors (Lipinski definition) is 3. The SMILES string of the molecule is CCNC(=O)CN1C[C@H]2C[C@@H](Oc3ccc4c(c3)OCO4)[C@H](O)C[C@H]2C1.O=CO. The standard InChI is InChI=1S/C19H26N2O5.CH2O2/c1-2-20-19(23)10-21-8-12-5-15(22)17(6-13(12)9-21)26-14-3-4-16-18(7-14)25-11-24-16;2-1-3/h3-4,7,12-13,15,17,22H,2,5-6,8-11H2,1H3,(H,20,23);1H,(H,2,3)/t12-,13+,15+,17+;/m0./s1. The fourth-order valence-electron chi connectivity index (χ4n) is 4.32. The van der Waals surface area contributed by atoms with Crippen LogP contribution in [0, 0.1) is 11.8 Å². The Morgan fingerprint density at radius 2 is 1.97 bits per heavy atom. The van der Waals surface area contributed by atoms with Gasteiger partial charge in [0.05, 0.1) is 12.6 Å².